The van der Waals surface area contributed by atoms with Crippen LogP contribution >= 0.6 is 0 Å². The van der Waals surface area contributed by atoms with Crippen LogP contribution in [0.15, 0.2) is 18.2 Å². The second-order valence-electron chi connectivity index (χ2n) is 4.67. The molecule has 0 aromatic heterocycles. The van der Waals surface area contributed by atoms with Crippen LogP contribution in [-0.2, 0) is 0 Å². The summed E-state index contributed by atoms with van der Waals surface area (Å²) in [6, 6.07) is 6.06. The van der Waals surface area contributed by atoms with Crippen LogP contribution in [0.5, 0.6) is 0 Å². The maximum absolute atomic E-state index is 12.3. The summed E-state index contributed by atoms with van der Waals surface area (Å²) in [4.78, 5) is 14.2. The van der Waals surface area contributed by atoms with Crippen molar-refractivity contribution in [1.29, 1.82) is 0 Å². The number of hydrogen-bond donors (Lipinski definition) is 0. The van der Waals surface area contributed by atoms with Crippen LogP contribution in [0.1, 0.15) is 40.7 Å². The second kappa shape index (κ2) is 4.69. The molecule has 1 aromatic carbocycles. The molecule has 86 valence electrons. The average Bonchev–Trinajstić information content (AvgIpc) is 2.29. The summed E-state index contributed by atoms with van der Waals surface area (Å²) in [6.45, 7) is 5.92. The average molecular weight is 217 g/mol. The minimum atomic E-state index is 0.206. The highest BCUT2D eigenvalue weighted by Gasteiger charge is 2.19. The molecule has 1 fully saturated rings. The molecule has 0 bridgehead atoms. The Labute approximate surface area is 97.3 Å². The molecule has 2 nitrogen and oxygen atoms in total. The Morgan fingerprint density at radius 3 is 2.44 bits per heavy atom. The Balaban J connectivity index is 2.19. The molecule has 0 spiro atoms. The molecule has 2 rings (SSSR count). The van der Waals surface area contributed by atoms with E-state index in [1.165, 1.54) is 12.0 Å². The number of carbonyl (C=O) groups is 1. The van der Waals surface area contributed by atoms with Gasteiger partial charge in [0.05, 0.1) is 0 Å². The first-order valence-electron chi connectivity index (χ1n) is 6.05. The highest BCUT2D eigenvalue weighted by atomic mass is 16.2. The monoisotopic (exact) mass is 217 g/mol. The zero-order valence-electron chi connectivity index (χ0n) is 10.1. The molecule has 1 aliphatic heterocycles. The standard InChI is InChI=1S/C14H19NO/c1-11-6-7-13(12(2)10-11)14(16)15-8-4-3-5-9-15/h6-7,10H,3-5,8-9H2,1-2H3. The van der Waals surface area contributed by atoms with Crippen LogP contribution in [0.25, 0.3) is 0 Å². The van der Waals surface area contributed by atoms with Gasteiger partial charge < -0.3 is 4.90 Å². The van der Waals surface area contributed by atoms with Crippen molar-refractivity contribution in [2.24, 2.45) is 0 Å². The summed E-state index contributed by atoms with van der Waals surface area (Å²) in [5.41, 5.74) is 3.18. The molecule has 0 unspecified atom stereocenters. The predicted octanol–water partition coefficient (Wildman–Crippen LogP) is 2.93. The maximum atomic E-state index is 12.3. The lowest BCUT2D eigenvalue weighted by atomic mass is 10.0. The number of piperidine rings is 1. The van der Waals surface area contributed by atoms with Gasteiger partial charge in [-0.2, -0.15) is 0 Å². The van der Waals surface area contributed by atoms with Crippen molar-refractivity contribution in [3.63, 3.8) is 0 Å². The topological polar surface area (TPSA) is 20.3 Å². The Hall–Kier alpha value is -1.31. The normalized spacial score (nSPS) is 16.2. The highest BCUT2D eigenvalue weighted by Crippen LogP contribution is 2.16. The van der Waals surface area contributed by atoms with Gasteiger partial charge in [0.2, 0.25) is 0 Å². The first kappa shape index (κ1) is 11.2. The first-order chi connectivity index (χ1) is 7.68. The van der Waals surface area contributed by atoms with Crippen molar-refractivity contribution in [2.45, 2.75) is 33.1 Å². The molecule has 0 N–H and O–H groups in total. The van der Waals surface area contributed by atoms with E-state index in [9.17, 15) is 4.79 Å². The number of carbonyl (C=O) groups excluding carboxylic acids is 1. The van der Waals surface area contributed by atoms with Crippen LogP contribution in [0.2, 0.25) is 0 Å². The molecule has 1 aliphatic rings. The van der Waals surface area contributed by atoms with E-state index in [0.717, 1.165) is 37.1 Å². The molecule has 1 heterocycles. The summed E-state index contributed by atoms with van der Waals surface area (Å²) >= 11 is 0. The minimum absolute atomic E-state index is 0.206. The molecule has 1 aromatic rings. The van der Waals surface area contributed by atoms with Gasteiger partial charge in [-0.1, -0.05) is 17.7 Å². The van der Waals surface area contributed by atoms with Gasteiger partial charge in [0.15, 0.2) is 0 Å². The van der Waals surface area contributed by atoms with E-state index in [1.807, 2.05) is 24.0 Å². The quantitative estimate of drug-likeness (QED) is 0.708. The van der Waals surface area contributed by atoms with Crippen LogP contribution in [-0.4, -0.2) is 23.9 Å². The molecule has 1 saturated heterocycles. The van der Waals surface area contributed by atoms with Gasteiger partial charge in [-0.15, -0.1) is 0 Å². The number of nitrogens with zero attached hydrogens (tertiary/aromatic N) is 1. The zero-order chi connectivity index (χ0) is 11.5. The third-order valence-electron chi connectivity index (χ3n) is 3.26. The van der Waals surface area contributed by atoms with Crippen LogP contribution in [0.3, 0.4) is 0 Å². The molecule has 0 radical (unpaired) electrons. The predicted molar refractivity (Wildman–Crippen MR) is 65.7 cm³/mol. The number of likely N-dealkylation sites (tertiary alicyclic amines) is 1. The van der Waals surface area contributed by atoms with Gasteiger partial charge in [-0.05, 0) is 44.7 Å². The van der Waals surface area contributed by atoms with Gasteiger partial charge in [0.25, 0.3) is 5.91 Å². The van der Waals surface area contributed by atoms with Crippen molar-refractivity contribution in [3.05, 3.63) is 34.9 Å². The van der Waals surface area contributed by atoms with E-state index in [2.05, 4.69) is 13.0 Å². The largest absolute Gasteiger partial charge is 0.339 e. The van der Waals surface area contributed by atoms with Crippen molar-refractivity contribution < 1.29 is 4.79 Å². The fourth-order valence-corrected chi connectivity index (χ4v) is 2.32. The molecule has 1 amide bonds. The fourth-order valence-electron chi connectivity index (χ4n) is 2.32. The van der Waals surface area contributed by atoms with Gasteiger partial charge in [0.1, 0.15) is 0 Å². The minimum Gasteiger partial charge on any atom is -0.339 e. The molecule has 0 aliphatic carbocycles. The van der Waals surface area contributed by atoms with Crippen molar-refractivity contribution >= 4 is 5.91 Å². The van der Waals surface area contributed by atoms with Crippen LogP contribution in [0.4, 0.5) is 0 Å². The van der Waals surface area contributed by atoms with E-state index in [4.69, 9.17) is 0 Å². The lowest BCUT2D eigenvalue weighted by molar-refractivity contribution is 0.0723. The molecular weight excluding hydrogens is 198 g/mol. The summed E-state index contributed by atoms with van der Waals surface area (Å²) in [5, 5.41) is 0. The third-order valence-corrected chi connectivity index (χ3v) is 3.26. The van der Waals surface area contributed by atoms with Gasteiger partial charge >= 0.3 is 0 Å². The van der Waals surface area contributed by atoms with Gasteiger partial charge in [-0.3, -0.25) is 4.79 Å². The van der Waals surface area contributed by atoms with E-state index in [0.29, 0.717) is 0 Å². The van der Waals surface area contributed by atoms with Gasteiger partial charge in [-0.25, -0.2) is 0 Å². The summed E-state index contributed by atoms with van der Waals surface area (Å²) in [6.07, 6.45) is 3.56. The van der Waals surface area contributed by atoms with E-state index >= 15 is 0 Å². The Bertz CT molecular complexity index is 392. The molecule has 2 heteroatoms. The van der Waals surface area contributed by atoms with Crippen LogP contribution < -0.4 is 0 Å². The molecule has 0 atom stereocenters. The SMILES string of the molecule is Cc1ccc(C(=O)N2CCCCC2)c(C)c1. The summed E-state index contributed by atoms with van der Waals surface area (Å²) in [5.74, 6) is 0.206. The fraction of sp³-hybridized carbons (Fsp3) is 0.500. The molecular formula is C14H19NO. The van der Waals surface area contributed by atoms with Crippen molar-refractivity contribution in [3.8, 4) is 0 Å². The highest BCUT2D eigenvalue weighted by molar-refractivity contribution is 5.95. The third kappa shape index (κ3) is 2.26. The number of benzene rings is 1. The van der Waals surface area contributed by atoms with E-state index < -0.39 is 0 Å². The smallest absolute Gasteiger partial charge is 0.254 e. The first-order valence-corrected chi connectivity index (χ1v) is 6.05. The summed E-state index contributed by atoms with van der Waals surface area (Å²) < 4.78 is 0. The van der Waals surface area contributed by atoms with Crippen molar-refractivity contribution in [1.82, 2.24) is 4.90 Å². The lowest BCUT2D eigenvalue weighted by Gasteiger charge is -2.27. The Morgan fingerprint density at radius 1 is 1.12 bits per heavy atom. The number of hydrogen-bond acceptors (Lipinski definition) is 1. The summed E-state index contributed by atoms with van der Waals surface area (Å²) in [7, 11) is 0. The van der Waals surface area contributed by atoms with Gasteiger partial charge in [0, 0.05) is 18.7 Å². The lowest BCUT2D eigenvalue weighted by Crippen LogP contribution is -2.35. The zero-order valence-corrected chi connectivity index (χ0v) is 10.1. The Kier molecular flexibility index (Phi) is 3.28. The number of aryl methyl sites for hydroxylation is 2. The number of rotatable bonds is 1. The molecule has 16 heavy (non-hydrogen) atoms. The van der Waals surface area contributed by atoms with E-state index in [-0.39, 0.29) is 5.91 Å². The van der Waals surface area contributed by atoms with Crippen LogP contribution in [0, 0.1) is 13.8 Å². The Morgan fingerprint density at radius 2 is 1.81 bits per heavy atom. The number of amides is 1. The van der Waals surface area contributed by atoms with E-state index in [1.54, 1.807) is 0 Å². The maximum Gasteiger partial charge on any atom is 0.254 e. The second-order valence-corrected chi connectivity index (χ2v) is 4.67. The molecule has 0 saturated carbocycles. The van der Waals surface area contributed by atoms with Crippen molar-refractivity contribution in [2.75, 3.05) is 13.1 Å².